The standard InChI is InChI=1S/C10H17N3O2/c1-3-4-13-7-11-5-9(13)6-12-8(2)10(14)15/h5,7-8,12H,3-4,6H2,1-2H3,(H,14,15)/t8-/m0/s1. The normalized spacial score (nSPS) is 12.7. The van der Waals surface area contributed by atoms with Crippen LogP contribution in [0.25, 0.3) is 0 Å². The molecule has 0 aromatic carbocycles. The van der Waals surface area contributed by atoms with Crippen LogP contribution in [0.3, 0.4) is 0 Å². The molecule has 1 atom stereocenters. The Bertz CT molecular complexity index is 322. The molecule has 0 amide bonds. The minimum Gasteiger partial charge on any atom is -0.480 e. The number of aryl methyl sites for hydroxylation is 1. The molecule has 0 aliphatic heterocycles. The quantitative estimate of drug-likeness (QED) is 0.732. The second kappa shape index (κ2) is 5.50. The van der Waals surface area contributed by atoms with E-state index in [4.69, 9.17) is 5.11 Å². The number of hydrogen-bond acceptors (Lipinski definition) is 3. The summed E-state index contributed by atoms with van der Waals surface area (Å²) in [4.78, 5) is 14.6. The molecule has 0 radical (unpaired) electrons. The molecular formula is C10H17N3O2. The van der Waals surface area contributed by atoms with Crippen LogP contribution in [0, 0.1) is 0 Å². The lowest BCUT2D eigenvalue weighted by Crippen LogP contribution is -2.33. The molecule has 1 rings (SSSR count). The summed E-state index contributed by atoms with van der Waals surface area (Å²) in [6.45, 7) is 5.17. The molecule has 0 aliphatic carbocycles. The number of rotatable bonds is 6. The summed E-state index contributed by atoms with van der Waals surface area (Å²) in [6.07, 6.45) is 4.57. The number of imidazole rings is 1. The second-order valence-corrected chi connectivity index (χ2v) is 3.52. The molecule has 0 aliphatic rings. The number of nitrogens with one attached hydrogen (secondary N) is 1. The fraction of sp³-hybridized carbons (Fsp3) is 0.600. The predicted octanol–water partition coefficient (Wildman–Crippen LogP) is 0.856. The molecule has 1 aromatic rings. The van der Waals surface area contributed by atoms with E-state index < -0.39 is 12.0 Å². The molecule has 0 fully saturated rings. The van der Waals surface area contributed by atoms with Gasteiger partial charge in [-0.1, -0.05) is 6.92 Å². The number of aromatic nitrogens is 2. The van der Waals surface area contributed by atoms with Gasteiger partial charge in [-0.05, 0) is 13.3 Å². The Labute approximate surface area is 89.1 Å². The van der Waals surface area contributed by atoms with Crippen molar-refractivity contribution in [1.82, 2.24) is 14.9 Å². The van der Waals surface area contributed by atoms with Crippen LogP contribution in [0.5, 0.6) is 0 Å². The lowest BCUT2D eigenvalue weighted by atomic mass is 10.3. The van der Waals surface area contributed by atoms with Gasteiger partial charge in [-0.25, -0.2) is 4.98 Å². The van der Waals surface area contributed by atoms with Gasteiger partial charge in [0, 0.05) is 19.3 Å². The van der Waals surface area contributed by atoms with E-state index in [1.807, 2.05) is 4.57 Å². The Morgan fingerprint density at radius 2 is 2.47 bits per heavy atom. The number of carboxylic acids is 1. The van der Waals surface area contributed by atoms with Gasteiger partial charge in [0.1, 0.15) is 6.04 Å². The summed E-state index contributed by atoms with van der Waals surface area (Å²) in [6, 6.07) is -0.532. The van der Waals surface area contributed by atoms with E-state index >= 15 is 0 Å². The Morgan fingerprint density at radius 1 is 1.73 bits per heavy atom. The minimum atomic E-state index is -0.837. The van der Waals surface area contributed by atoms with Crippen molar-refractivity contribution in [3.05, 3.63) is 18.2 Å². The maximum atomic E-state index is 10.6. The van der Waals surface area contributed by atoms with Crippen molar-refractivity contribution < 1.29 is 9.90 Å². The van der Waals surface area contributed by atoms with Crippen LogP contribution in [0.4, 0.5) is 0 Å². The third-order valence-corrected chi connectivity index (χ3v) is 2.22. The van der Waals surface area contributed by atoms with Crippen molar-refractivity contribution in [2.45, 2.75) is 39.4 Å². The summed E-state index contributed by atoms with van der Waals surface area (Å²) >= 11 is 0. The van der Waals surface area contributed by atoms with Crippen LogP contribution in [-0.2, 0) is 17.9 Å². The van der Waals surface area contributed by atoms with E-state index in [1.54, 1.807) is 19.4 Å². The number of aliphatic carboxylic acids is 1. The molecule has 2 N–H and O–H groups in total. The number of hydrogen-bond donors (Lipinski definition) is 2. The highest BCUT2D eigenvalue weighted by Gasteiger charge is 2.10. The zero-order chi connectivity index (χ0) is 11.3. The topological polar surface area (TPSA) is 67.2 Å². The Kier molecular flexibility index (Phi) is 4.30. The highest BCUT2D eigenvalue weighted by atomic mass is 16.4. The number of nitrogens with zero attached hydrogens (tertiary/aromatic N) is 2. The van der Waals surface area contributed by atoms with Gasteiger partial charge in [0.15, 0.2) is 0 Å². The first-order valence-corrected chi connectivity index (χ1v) is 5.10. The average Bonchev–Trinajstić information content (AvgIpc) is 2.62. The molecule has 0 saturated heterocycles. The molecule has 5 heteroatoms. The molecule has 0 spiro atoms. The molecule has 0 saturated carbocycles. The number of carbonyl (C=O) groups is 1. The lowest BCUT2D eigenvalue weighted by molar-refractivity contribution is -0.139. The van der Waals surface area contributed by atoms with Crippen LogP contribution < -0.4 is 5.32 Å². The monoisotopic (exact) mass is 211 g/mol. The van der Waals surface area contributed by atoms with Crippen LogP contribution >= 0.6 is 0 Å². The summed E-state index contributed by atoms with van der Waals surface area (Å²) in [5.74, 6) is -0.837. The molecule has 0 unspecified atom stereocenters. The number of carboxylic acid groups (broad SMARTS) is 1. The summed E-state index contributed by atoms with van der Waals surface area (Å²) in [5, 5.41) is 11.6. The van der Waals surface area contributed by atoms with Gasteiger partial charge in [-0.2, -0.15) is 0 Å². The van der Waals surface area contributed by atoms with Crippen molar-refractivity contribution in [3.63, 3.8) is 0 Å². The Hall–Kier alpha value is -1.36. The summed E-state index contributed by atoms with van der Waals surface area (Å²) < 4.78 is 2.03. The molecule has 1 heterocycles. The van der Waals surface area contributed by atoms with Gasteiger partial charge in [0.25, 0.3) is 0 Å². The first kappa shape index (κ1) is 11.7. The van der Waals surface area contributed by atoms with E-state index in [0.29, 0.717) is 6.54 Å². The van der Waals surface area contributed by atoms with Crippen molar-refractivity contribution in [1.29, 1.82) is 0 Å². The largest absolute Gasteiger partial charge is 0.480 e. The van der Waals surface area contributed by atoms with Gasteiger partial charge in [0.2, 0.25) is 0 Å². The van der Waals surface area contributed by atoms with Gasteiger partial charge >= 0.3 is 5.97 Å². The van der Waals surface area contributed by atoms with Crippen LogP contribution in [-0.4, -0.2) is 26.7 Å². The van der Waals surface area contributed by atoms with Crippen molar-refractivity contribution >= 4 is 5.97 Å². The molecular weight excluding hydrogens is 194 g/mol. The molecule has 5 nitrogen and oxygen atoms in total. The van der Waals surface area contributed by atoms with E-state index in [1.165, 1.54) is 0 Å². The van der Waals surface area contributed by atoms with Crippen LogP contribution in [0.15, 0.2) is 12.5 Å². The fourth-order valence-electron chi connectivity index (χ4n) is 1.28. The highest BCUT2D eigenvalue weighted by Crippen LogP contribution is 2.00. The van der Waals surface area contributed by atoms with Crippen LogP contribution in [0.2, 0.25) is 0 Å². The van der Waals surface area contributed by atoms with Gasteiger partial charge in [-0.3, -0.25) is 10.1 Å². The van der Waals surface area contributed by atoms with Gasteiger partial charge in [-0.15, -0.1) is 0 Å². The Balaban J connectivity index is 2.49. The zero-order valence-electron chi connectivity index (χ0n) is 9.10. The Morgan fingerprint density at radius 3 is 3.07 bits per heavy atom. The molecule has 1 aromatic heterocycles. The smallest absolute Gasteiger partial charge is 0.320 e. The van der Waals surface area contributed by atoms with Gasteiger partial charge in [0.05, 0.1) is 12.0 Å². The van der Waals surface area contributed by atoms with E-state index in [0.717, 1.165) is 18.7 Å². The van der Waals surface area contributed by atoms with Crippen molar-refractivity contribution in [2.75, 3.05) is 0 Å². The first-order valence-electron chi connectivity index (χ1n) is 5.10. The fourth-order valence-corrected chi connectivity index (χ4v) is 1.28. The van der Waals surface area contributed by atoms with Crippen molar-refractivity contribution in [2.24, 2.45) is 0 Å². The zero-order valence-corrected chi connectivity index (χ0v) is 9.10. The average molecular weight is 211 g/mol. The third kappa shape index (κ3) is 3.36. The second-order valence-electron chi connectivity index (χ2n) is 3.52. The van der Waals surface area contributed by atoms with E-state index in [-0.39, 0.29) is 0 Å². The molecule has 15 heavy (non-hydrogen) atoms. The van der Waals surface area contributed by atoms with Crippen molar-refractivity contribution in [3.8, 4) is 0 Å². The minimum absolute atomic E-state index is 0.532. The highest BCUT2D eigenvalue weighted by molar-refractivity contribution is 5.72. The molecule has 84 valence electrons. The SMILES string of the molecule is CCCn1cncc1CN[C@@H](C)C(=O)O. The maximum Gasteiger partial charge on any atom is 0.320 e. The van der Waals surface area contributed by atoms with Gasteiger partial charge < -0.3 is 9.67 Å². The van der Waals surface area contributed by atoms with Crippen LogP contribution in [0.1, 0.15) is 26.0 Å². The summed E-state index contributed by atoms with van der Waals surface area (Å²) in [5.41, 5.74) is 1.02. The first-order chi connectivity index (χ1) is 7.15. The maximum absolute atomic E-state index is 10.6. The lowest BCUT2D eigenvalue weighted by Gasteiger charge is -2.10. The molecule has 0 bridgehead atoms. The van der Waals surface area contributed by atoms with E-state index in [2.05, 4.69) is 17.2 Å². The third-order valence-electron chi connectivity index (χ3n) is 2.22. The predicted molar refractivity (Wildman–Crippen MR) is 56.5 cm³/mol. The summed E-state index contributed by atoms with van der Waals surface area (Å²) in [7, 11) is 0. The van der Waals surface area contributed by atoms with E-state index in [9.17, 15) is 4.79 Å².